The number of fused-ring (bicyclic) bond motifs is 1. The molecule has 11 atom stereocenters. The van der Waals surface area contributed by atoms with E-state index in [1.54, 1.807) is 13.2 Å². The molecule has 3 aliphatic heterocycles. The monoisotopic (exact) mass is 516 g/mol. The van der Waals surface area contributed by atoms with Crippen LogP contribution in [0.15, 0.2) is 0 Å². The van der Waals surface area contributed by atoms with Crippen LogP contribution < -0.4 is 10.6 Å². The Balaban J connectivity index is 1.65. The molecule has 0 aliphatic carbocycles. The van der Waals surface area contributed by atoms with Crippen LogP contribution in [0.2, 0.25) is 0 Å². The standard InChI is InChI=1S/C21H35ClF2N2O6S/c1-9(22)13(19-16(28)15(27)17(29)21(32-19)33-2)26-20(30)14-18-11(8-25-14)7-10(5-6-31-18)3-4-12(23)24/h9-19,21,25,27-29H,3-8H2,1-2H3,(H,26,30)/t9-,10+,11-,13+,14-,15?,16?,17+,18+,19+,21?/m0/s1. The van der Waals surface area contributed by atoms with Gasteiger partial charge >= 0.3 is 0 Å². The van der Waals surface area contributed by atoms with Gasteiger partial charge in [0.2, 0.25) is 12.3 Å². The van der Waals surface area contributed by atoms with Gasteiger partial charge in [-0.3, -0.25) is 4.79 Å². The first-order chi connectivity index (χ1) is 15.6. The van der Waals surface area contributed by atoms with Gasteiger partial charge in [0.1, 0.15) is 35.9 Å². The minimum absolute atomic E-state index is 0.0344. The molecule has 5 N–H and O–H groups in total. The first kappa shape index (κ1) is 27.3. The van der Waals surface area contributed by atoms with Crippen LogP contribution >= 0.6 is 23.4 Å². The van der Waals surface area contributed by atoms with Crippen LogP contribution in [0.1, 0.15) is 32.6 Å². The number of halogens is 3. The van der Waals surface area contributed by atoms with Gasteiger partial charge in [0.05, 0.1) is 17.5 Å². The molecule has 0 spiro atoms. The summed E-state index contributed by atoms with van der Waals surface area (Å²) in [5, 5.41) is 36.2. The predicted octanol–water partition coefficient (Wildman–Crippen LogP) is 0.698. The van der Waals surface area contributed by atoms with Gasteiger partial charge < -0.3 is 35.4 Å². The van der Waals surface area contributed by atoms with Crippen molar-refractivity contribution in [3.63, 3.8) is 0 Å². The second-order valence-electron chi connectivity index (χ2n) is 9.23. The van der Waals surface area contributed by atoms with E-state index in [4.69, 9.17) is 21.1 Å². The van der Waals surface area contributed by atoms with Crippen molar-refractivity contribution < 1.29 is 38.4 Å². The summed E-state index contributed by atoms with van der Waals surface area (Å²) < 4.78 is 37.0. The molecule has 192 valence electrons. The molecule has 3 saturated heterocycles. The molecule has 3 unspecified atom stereocenters. The highest BCUT2D eigenvalue weighted by atomic mass is 35.5. The van der Waals surface area contributed by atoms with Crippen LogP contribution in [0.3, 0.4) is 0 Å². The molecule has 0 aromatic carbocycles. The van der Waals surface area contributed by atoms with E-state index >= 15 is 0 Å². The summed E-state index contributed by atoms with van der Waals surface area (Å²) in [4.78, 5) is 13.2. The smallest absolute Gasteiger partial charge is 0.240 e. The first-order valence-corrected chi connectivity index (χ1v) is 13.2. The zero-order chi connectivity index (χ0) is 24.3. The number of alkyl halides is 3. The predicted molar refractivity (Wildman–Crippen MR) is 120 cm³/mol. The largest absolute Gasteiger partial charge is 0.388 e. The van der Waals surface area contributed by atoms with E-state index in [0.29, 0.717) is 32.4 Å². The van der Waals surface area contributed by atoms with Crippen molar-refractivity contribution in [1.29, 1.82) is 0 Å². The van der Waals surface area contributed by atoms with E-state index in [-0.39, 0.29) is 24.2 Å². The van der Waals surface area contributed by atoms with Crippen molar-refractivity contribution in [3.8, 4) is 0 Å². The average molecular weight is 517 g/mol. The van der Waals surface area contributed by atoms with Crippen LogP contribution in [0, 0.1) is 11.8 Å². The average Bonchev–Trinajstić information content (AvgIpc) is 3.05. The molecule has 0 aromatic rings. The van der Waals surface area contributed by atoms with Gasteiger partial charge in [0.15, 0.2) is 0 Å². The highest BCUT2D eigenvalue weighted by molar-refractivity contribution is 7.99. The molecule has 3 rings (SSSR count). The molecule has 33 heavy (non-hydrogen) atoms. The molecule has 0 aromatic heterocycles. The highest BCUT2D eigenvalue weighted by Gasteiger charge is 2.49. The Bertz CT molecular complexity index is 652. The Hall–Kier alpha value is -0.270. The zero-order valence-corrected chi connectivity index (χ0v) is 20.4. The molecule has 3 fully saturated rings. The number of nitrogens with one attached hydrogen (secondary N) is 2. The summed E-state index contributed by atoms with van der Waals surface area (Å²) in [6, 6.07) is -1.49. The van der Waals surface area contributed by atoms with Crippen molar-refractivity contribution in [1.82, 2.24) is 10.6 Å². The molecule has 0 saturated carbocycles. The Morgan fingerprint density at radius 2 is 2.00 bits per heavy atom. The third-order valence-electron chi connectivity index (χ3n) is 6.94. The van der Waals surface area contributed by atoms with Gasteiger partial charge in [0.25, 0.3) is 0 Å². The van der Waals surface area contributed by atoms with Crippen LogP contribution in [0.5, 0.6) is 0 Å². The second-order valence-corrected chi connectivity index (χ2v) is 10.9. The summed E-state index contributed by atoms with van der Waals surface area (Å²) in [5.74, 6) is -0.203. The minimum atomic E-state index is -2.32. The number of aliphatic hydroxyl groups is 3. The zero-order valence-electron chi connectivity index (χ0n) is 18.8. The molecular weight excluding hydrogens is 482 g/mol. The minimum Gasteiger partial charge on any atom is -0.388 e. The van der Waals surface area contributed by atoms with E-state index in [9.17, 15) is 28.9 Å². The van der Waals surface area contributed by atoms with E-state index in [0.717, 1.165) is 0 Å². The van der Waals surface area contributed by atoms with Crippen LogP contribution in [-0.2, 0) is 14.3 Å². The van der Waals surface area contributed by atoms with Crippen LogP contribution in [-0.4, -0.2) is 100 Å². The lowest BCUT2D eigenvalue weighted by Crippen LogP contribution is -2.65. The maximum Gasteiger partial charge on any atom is 0.240 e. The number of rotatable bonds is 8. The summed E-state index contributed by atoms with van der Waals surface area (Å²) in [6.07, 6.45) is -4.48. The fourth-order valence-corrected chi connectivity index (χ4v) is 5.98. The van der Waals surface area contributed by atoms with Crippen LogP contribution in [0.25, 0.3) is 0 Å². The fourth-order valence-electron chi connectivity index (χ4n) is 5.09. The number of thioether (sulfide) groups is 1. The van der Waals surface area contributed by atoms with Crippen molar-refractivity contribution >= 4 is 29.3 Å². The van der Waals surface area contributed by atoms with Gasteiger partial charge in [-0.2, -0.15) is 0 Å². The lowest BCUT2D eigenvalue weighted by atomic mass is 9.87. The summed E-state index contributed by atoms with van der Waals surface area (Å²) in [5.41, 5.74) is -0.785. The van der Waals surface area contributed by atoms with Crippen molar-refractivity contribution in [2.24, 2.45) is 11.8 Å². The molecule has 0 radical (unpaired) electrons. The second kappa shape index (κ2) is 12.1. The Morgan fingerprint density at radius 3 is 2.64 bits per heavy atom. The normalized spacial score (nSPS) is 41.3. The van der Waals surface area contributed by atoms with Gasteiger partial charge in [-0.05, 0) is 44.3 Å². The lowest BCUT2D eigenvalue weighted by molar-refractivity contribution is -0.205. The Morgan fingerprint density at radius 1 is 1.27 bits per heavy atom. The van der Waals surface area contributed by atoms with E-state index in [1.807, 2.05) is 0 Å². The summed E-state index contributed by atoms with van der Waals surface area (Å²) in [7, 11) is 0. The quantitative estimate of drug-likeness (QED) is 0.299. The van der Waals surface area contributed by atoms with Gasteiger partial charge in [0, 0.05) is 19.6 Å². The maximum atomic E-state index is 13.2. The van der Waals surface area contributed by atoms with Gasteiger partial charge in [-0.1, -0.05) is 0 Å². The molecule has 3 heterocycles. The number of hydrogen-bond acceptors (Lipinski definition) is 8. The SMILES string of the molecule is CSC1O[C@H]([C@H](NC(=O)[C@H]2NC[C@@H]3C[C@H](CCC(F)F)CCO[C@H]32)[C@H](C)Cl)C(O)C(O)[C@H]1O. The third kappa shape index (κ3) is 6.49. The summed E-state index contributed by atoms with van der Waals surface area (Å²) >= 11 is 7.52. The molecule has 1 amide bonds. The number of aliphatic hydroxyl groups excluding tert-OH is 3. The fraction of sp³-hybridized carbons (Fsp3) is 0.952. The van der Waals surface area contributed by atoms with Crippen LogP contribution in [0.4, 0.5) is 8.78 Å². The topological polar surface area (TPSA) is 120 Å². The molecule has 0 bridgehead atoms. The van der Waals surface area contributed by atoms with E-state index in [2.05, 4.69) is 10.6 Å². The Kier molecular flexibility index (Phi) is 10.0. The van der Waals surface area contributed by atoms with Crippen molar-refractivity contribution in [2.45, 2.75) is 92.4 Å². The number of hydrogen-bond donors (Lipinski definition) is 5. The van der Waals surface area contributed by atoms with Crippen molar-refractivity contribution in [3.05, 3.63) is 0 Å². The Labute approximate surface area is 202 Å². The molecule has 8 nitrogen and oxygen atoms in total. The molecular formula is C21H35ClF2N2O6S. The number of carbonyl (C=O) groups is 1. The van der Waals surface area contributed by atoms with Gasteiger partial charge in [-0.15, -0.1) is 23.4 Å². The van der Waals surface area contributed by atoms with E-state index < -0.39 is 59.8 Å². The van der Waals surface area contributed by atoms with E-state index in [1.165, 1.54) is 11.8 Å². The number of amides is 1. The molecule has 3 aliphatic rings. The lowest BCUT2D eigenvalue weighted by Gasteiger charge is -2.44. The highest BCUT2D eigenvalue weighted by Crippen LogP contribution is 2.34. The van der Waals surface area contributed by atoms with Crippen molar-refractivity contribution in [2.75, 3.05) is 19.4 Å². The molecule has 12 heteroatoms. The summed E-state index contributed by atoms with van der Waals surface area (Å²) in [6.45, 7) is 2.59. The number of carbonyl (C=O) groups excluding carboxylic acids is 1. The van der Waals surface area contributed by atoms with Gasteiger partial charge in [-0.25, -0.2) is 8.78 Å². The number of ether oxygens (including phenoxy) is 2. The third-order valence-corrected chi connectivity index (χ3v) is 8.06. The maximum absolute atomic E-state index is 13.2. The first-order valence-electron chi connectivity index (χ1n) is 11.4.